The zero-order valence-electron chi connectivity index (χ0n) is 12.4. The van der Waals surface area contributed by atoms with Crippen LogP contribution in [0.1, 0.15) is 71.6 Å². The fraction of sp³-hybridized carbons (Fsp3) is 1.00. The van der Waals surface area contributed by atoms with E-state index in [4.69, 9.17) is 10.5 Å². The van der Waals surface area contributed by atoms with Crippen molar-refractivity contribution in [3.8, 4) is 0 Å². The van der Waals surface area contributed by atoms with E-state index < -0.39 is 5.60 Å². The molecule has 0 radical (unpaired) electrons. The first-order valence-electron chi connectivity index (χ1n) is 7.68. The summed E-state index contributed by atoms with van der Waals surface area (Å²) < 4.78 is 5.57. The molecule has 0 rings (SSSR count). The fourth-order valence-electron chi connectivity index (χ4n) is 2.01. The van der Waals surface area contributed by atoms with Gasteiger partial charge in [-0.15, -0.1) is 0 Å². The van der Waals surface area contributed by atoms with Crippen molar-refractivity contribution in [1.29, 1.82) is 0 Å². The van der Waals surface area contributed by atoms with E-state index in [-0.39, 0.29) is 0 Å². The summed E-state index contributed by atoms with van der Waals surface area (Å²) in [6, 6.07) is 0. The van der Waals surface area contributed by atoms with Gasteiger partial charge in [0.1, 0.15) is 0 Å². The highest BCUT2D eigenvalue weighted by Gasteiger charge is 2.21. The van der Waals surface area contributed by atoms with Crippen LogP contribution in [0.15, 0.2) is 0 Å². The van der Waals surface area contributed by atoms with Crippen molar-refractivity contribution in [2.75, 3.05) is 19.8 Å². The van der Waals surface area contributed by atoms with Gasteiger partial charge in [0.15, 0.2) is 0 Å². The standard InChI is InChI=1S/C15H33NO2/c1-3-5-6-7-8-9-12-18-13-10-11-15(17,4-2)14-16/h17H,3-14,16H2,1-2H3. The van der Waals surface area contributed by atoms with E-state index in [1.54, 1.807) is 0 Å². The molecule has 3 nitrogen and oxygen atoms in total. The van der Waals surface area contributed by atoms with E-state index in [1.807, 2.05) is 6.92 Å². The van der Waals surface area contributed by atoms with Crippen LogP contribution in [0.25, 0.3) is 0 Å². The van der Waals surface area contributed by atoms with Crippen LogP contribution >= 0.6 is 0 Å². The van der Waals surface area contributed by atoms with Crippen molar-refractivity contribution < 1.29 is 9.84 Å². The average Bonchev–Trinajstić information content (AvgIpc) is 2.40. The summed E-state index contributed by atoms with van der Waals surface area (Å²) in [6.07, 6.45) is 10.2. The second-order valence-corrected chi connectivity index (χ2v) is 5.27. The Bertz CT molecular complexity index is 170. The molecule has 0 fully saturated rings. The lowest BCUT2D eigenvalue weighted by molar-refractivity contribution is 0.0232. The average molecular weight is 259 g/mol. The first-order valence-corrected chi connectivity index (χ1v) is 7.68. The number of nitrogens with two attached hydrogens (primary N) is 1. The topological polar surface area (TPSA) is 55.5 Å². The monoisotopic (exact) mass is 259 g/mol. The van der Waals surface area contributed by atoms with Crippen LogP contribution in [0.5, 0.6) is 0 Å². The van der Waals surface area contributed by atoms with E-state index >= 15 is 0 Å². The van der Waals surface area contributed by atoms with Crippen LogP contribution < -0.4 is 5.73 Å². The van der Waals surface area contributed by atoms with Crippen LogP contribution in [0.4, 0.5) is 0 Å². The molecule has 18 heavy (non-hydrogen) atoms. The third-order valence-electron chi connectivity index (χ3n) is 3.61. The molecule has 0 aliphatic heterocycles. The minimum Gasteiger partial charge on any atom is -0.389 e. The van der Waals surface area contributed by atoms with Gasteiger partial charge >= 0.3 is 0 Å². The Morgan fingerprint density at radius 2 is 1.56 bits per heavy atom. The maximum atomic E-state index is 9.97. The minimum absolute atomic E-state index is 0.348. The highest BCUT2D eigenvalue weighted by Crippen LogP contribution is 2.15. The molecular weight excluding hydrogens is 226 g/mol. The second-order valence-electron chi connectivity index (χ2n) is 5.27. The summed E-state index contributed by atoms with van der Waals surface area (Å²) in [4.78, 5) is 0. The maximum Gasteiger partial charge on any atom is 0.0767 e. The maximum absolute atomic E-state index is 9.97. The van der Waals surface area contributed by atoms with Gasteiger partial charge < -0.3 is 15.6 Å². The van der Waals surface area contributed by atoms with E-state index in [1.165, 1.54) is 38.5 Å². The van der Waals surface area contributed by atoms with Gasteiger partial charge in [0.05, 0.1) is 5.60 Å². The summed E-state index contributed by atoms with van der Waals surface area (Å²) in [7, 11) is 0. The summed E-state index contributed by atoms with van der Waals surface area (Å²) >= 11 is 0. The number of aliphatic hydroxyl groups is 1. The molecule has 3 N–H and O–H groups in total. The van der Waals surface area contributed by atoms with Crippen LogP contribution in [-0.4, -0.2) is 30.5 Å². The first kappa shape index (κ1) is 17.9. The Hall–Kier alpha value is -0.120. The van der Waals surface area contributed by atoms with E-state index in [9.17, 15) is 5.11 Å². The van der Waals surface area contributed by atoms with Crippen molar-refractivity contribution in [3.63, 3.8) is 0 Å². The summed E-state index contributed by atoms with van der Waals surface area (Å²) in [6.45, 7) is 6.17. The summed E-state index contributed by atoms with van der Waals surface area (Å²) in [5.74, 6) is 0. The van der Waals surface area contributed by atoms with Crippen molar-refractivity contribution in [1.82, 2.24) is 0 Å². The van der Waals surface area contributed by atoms with Gasteiger partial charge in [0, 0.05) is 19.8 Å². The molecule has 110 valence electrons. The van der Waals surface area contributed by atoms with Crippen molar-refractivity contribution >= 4 is 0 Å². The lowest BCUT2D eigenvalue weighted by Crippen LogP contribution is -2.37. The zero-order chi connectivity index (χ0) is 13.7. The van der Waals surface area contributed by atoms with Gasteiger partial charge in [-0.2, -0.15) is 0 Å². The van der Waals surface area contributed by atoms with Gasteiger partial charge in [0.25, 0.3) is 0 Å². The number of ether oxygens (including phenoxy) is 1. The van der Waals surface area contributed by atoms with Gasteiger partial charge in [-0.05, 0) is 25.7 Å². The molecule has 0 amide bonds. The third kappa shape index (κ3) is 9.86. The van der Waals surface area contributed by atoms with Crippen molar-refractivity contribution in [3.05, 3.63) is 0 Å². The predicted molar refractivity (Wildman–Crippen MR) is 77.7 cm³/mol. The van der Waals surface area contributed by atoms with Crippen molar-refractivity contribution in [2.24, 2.45) is 5.73 Å². The summed E-state index contributed by atoms with van der Waals surface area (Å²) in [5, 5.41) is 9.97. The first-order chi connectivity index (χ1) is 8.68. The predicted octanol–water partition coefficient (Wildman–Crippen LogP) is 3.24. The molecule has 0 heterocycles. The SMILES string of the molecule is CCCCCCCCOCCCC(O)(CC)CN. The Balaban J connectivity index is 3.21. The number of hydrogen-bond acceptors (Lipinski definition) is 3. The van der Waals surface area contributed by atoms with Crippen LogP contribution in [0, 0.1) is 0 Å². The molecule has 0 aromatic carbocycles. The molecule has 3 heteroatoms. The number of rotatable bonds is 13. The minimum atomic E-state index is -0.677. The Labute approximate surface area is 113 Å². The molecule has 1 atom stereocenters. The Morgan fingerprint density at radius 3 is 2.17 bits per heavy atom. The van der Waals surface area contributed by atoms with E-state index in [0.29, 0.717) is 6.54 Å². The van der Waals surface area contributed by atoms with Crippen LogP contribution in [0.2, 0.25) is 0 Å². The highest BCUT2D eigenvalue weighted by atomic mass is 16.5. The molecular formula is C15H33NO2. The number of hydrogen-bond donors (Lipinski definition) is 2. The molecule has 0 saturated carbocycles. The normalized spacial score (nSPS) is 14.7. The van der Waals surface area contributed by atoms with Gasteiger partial charge in [-0.25, -0.2) is 0 Å². The summed E-state index contributed by atoms with van der Waals surface area (Å²) in [5.41, 5.74) is 4.87. The molecule has 0 spiro atoms. The Kier molecular flexibility index (Phi) is 11.9. The molecule has 1 unspecified atom stereocenters. The van der Waals surface area contributed by atoms with Crippen molar-refractivity contribution in [2.45, 2.75) is 77.2 Å². The highest BCUT2D eigenvalue weighted by molar-refractivity contribution is 4.77. The van der Waals surface area contributed by atoms with Gasteiger partial charge in [-0.1, -0.05) is 46.0 Å². The molecule has 0 saturated heterocycles. The second kappa shape index (κ2) is 11.9. The fourth-order valence-corrected chi connectivity index (χ4v) is 2.01. The van der Waals surface area contributed by atoms with Gasteiger partial charge in [0.2, 0.25) is 0 Å². The number of unbranched alkanes of at least 4 members (excludes halogenated alkanes) is 5. The molecule has 0 aromatic rings. The quantitative estimate of drug-likeness (QED) is 0.499. The zero-order valence-corrected chi connectivity index (χ0v) is 12.4. The van der Waals surface area contributed by atoms with E-state index in [0.717, 1.165) is 32.5 Å². The van der Waals surface area contributed by atoms with Gasteiger partial charge in [-0.3, -0.25) is 0 Å². The largest absolute Gasteiger partial charge is 0.389 e. The molecule has 0 aliphatic carbocycles. The Morgan fingerprint density at radius 1 is 0.944 bits per heavy atom. The lowest BCUT2D eigenvalue weighted by Gasteiger charge is -2.24. The van der Waals surface area contributed by atoms with Crippen LogP contribution in [-0.2, 0) is 4.74 Å². The lowest BCUT2D eigenvalue weighted by atomic mass is 9.95. The smallest absolute Gasteiger partial charge is 0.0767 e. The molecule has 0 aromatic heterocycles. The third-order valence-corrected chi connectivity index (χ3v) is 3.61. The van der Waals surface area contributed by atoms with Crippen LogP contribution in [0.3, 0.4) is 0 Å². The van der Waals surface area contributed by atoms with E-state index in [2.05, 4.69) is 6.92 Å². The molecule has 0 bridgehead atoms. The molecule has 0 aliphatic rings.